The molecule has 1 saturated heterocycles. The minimum absolute atomic E-state index is 0.000469. The van der Waals surface area contributed by atoms with Gasteiger partial charge in [0, 0.05) is 18.2 Å². The summed E-state index contributed by atoms with van der Waals surface area (Å²) >= 11 is 0. The molecule has 2 N–H and O–H groups in total. The first-order chi connectivity index (χ1) is 13.8. The Morgan fingerprint density at radius 2 is 1.69 bits per heavy atom. The van der Waals surface area contributed by atoms with Crippen LogP contribution in [-0.2, 0) is 19.6 Å². The van der Waals surface area contributed by atoms with Crippen molar-refractivity contribution in [2.24, 2.45) is 11.8 Å². The molecule has 0 radical (unpaired) electrons. The second kappa shape index (κ2) is 9.15. The van der Waals surface area contributed by atoms with E-state index in [1.165, 1.54) is 10.7 Å². The fourth-order valence-electron chi connectivity index (χ4n) is 4.03. The standard InChI is InChI=1S/C21H31N3O4S/c1-15(2)19(23-20(25)16-7-4-3-5-8-16)21(26)22-17-9-11-18(12-10-17)24-13-6-14-29(24,27)28/h9-12,15-16,19H,3-8,13-14H2,1-2H3,(H,22,26)(H,23,25). The molecule has 1 saturated carbocycles. The average molecular weight is 422 g/mol. The van der Waals surface area contributed by atoms with Crippen molar-refractivity contribution in [3.8, 4) is 0 Å². The first-order valence-electron chi connectivity index (χ1n) is 10.5. The summed E-state index contributed by atoms with van der Waals surface area (Å²) in [4.78, 5) is 25.4. The summed E-state index contributed by atoms with van der Waals surface area (Å²) in [6.45, 7) is 4.30. The highest BCUT2D eigenvalue weighted by atomic mass is 32.2. The number of carbonyl (C=O) groups excluding carboxylic acids is 2. The van der Waals surface area contributed by atoms with Gasteiger partial charge in [0.25, 0.3) is 0 Å². The van der Waals surface area contributed by atoms with Gasteiger partial charge in [-0.1, -0.05) is 33.1 Å². The monoisotopic (exact) mass is 421 g/mol. The number of nitrogens with zero attached hydrogens (tertiary/aromatic N) is 1. The number of amides is 2. The van der Waals surface area contributed by atoms with E-state index in [1.54, 1.807) is 24.3 Å². The average Bonchev–Trinajstić information content (AvgIpc) is 3.06. The van der Waals surface area contributed by atoms with E-state index in [9.17, 15) is 18.0 Å². The van der Waals surface area contributed by atoms with E-state index in [0.717, 1.165) is 25.7 Å². The first-order valence-corrected chi connectivity index (χ1v) is 12.1. The van der Waals surface area contributed by atoms with Crippen LogP contribution in [0.1, 0.15) is 52.4 Å². The Hall–Kier alpha value is -2.09. The molecule has 1 aromatic carbocycles. The van der Waals surface area contributed by atoms with Crippen LogP contribution in [0.5, 0.6) is 0 Å². The van der Waals surface area contributed by atoms with Crippen molar-refractivity contribution in [2.45, 2.75) is 58.4 Å². The van der Waals surface area contributed by atoms with Gasteiger partial charge in [-0.15, -0.1) is 0 Å². The lowest BCUT2D eigenvalue weighted by Crippen LogP contribution is -2.49. The quantitative estimate of drug-likeness (QED) is 0.738. The molecule has 2 amide bonds. The van der Waals surface area contributed by atoms with Gasteiger partial charge in [0.15, 0.2) is 0 Å². The molecule has 1 heterocycles. The van der Waals surface area contributed by atoms with E-state index in [0.29, 0.717) is 24.3 Å². The van der Waals surface area contributed by atoms with Gasteiger partial charge in [-0.2, -0.15) is 0 Å². The summed E-state index contributed by atoms with van der Waals surface area (Å²) in [5.74, 6) is -0.169. The van der Waals surface area contributed by atoms with Crippen molar-refractivity contribution < 1.29 is 18.0 Å². The number of benzene rings is 1. The number of carbonyl (C=O) groups is 2. The Balaban J connectivity index is 1.63. The molecule has 0 spiro atoms. The largest absolute Gasteiger partial charge is 0.344 e. The van der Waals surface area contributed by atoms with Crippen LogP contribution in [0.2, 0.25) is 0 Å². The number of hydrogen-bond acceptors (Lipinski definition) is 4. The van der Waals surface area contributed by atoms with Crippen LogP contribution in [-0.4, -0.2) is 38.6 Å². The van der Waals surface area contributed by atoms with Gasteiger partial charge in [0.2, 0.25) is 21.8 Å². The van der Waals surface area contributed by atoms with Crippen molar-refractivity contribution in [2.75, 3.05) is 21.9 Å². The third-order valence-corrected chi connectivity index (χ3v) is 7.61. The van der Waals surface area contributed by atoms with Crippen molar-refractivity contribution in [3.05, 3.63) is 24.3 Å². The van der Waals surface area contributed by atoms with Gasteiger partial charge in [-0.25, -0.2) is 8.42 Å². The Bertz CT molecular complexity index is 830. The summed E-state index contributed by atoms with van der Waals surface area (Å²) in [6.07, 6.45) is 5.70. The topological polar surface area (TPSA) is 95.6 Å². The Kier molecular flexibility index (Phi) is 6.82. The van der Waals surface area contributed by atoms with Gasteiger partial charge >= 0.3 is 0 Å². The maximum atomic E-state index is 12.8. The zero-order chi connectivity index (χ0) is 21.0. The molecule has 29 heavy (non-hydrogen) atoms. The Labute approximate surface area is 173 Å². The maximum absolute atomic E-state index is 12.8. The minimum Gasteiger partial charge on any atom is -0.344 e. The highest BCUT2D eigenvalue weighted by Crippen LogP contribution is 2.26. The molecule has 1 atom stereocenters. The number of anilines is 2. The van der Waals surface area contributed by atoms with E-state index >= 15 is 0 Å². The van der Waals surface area contributed by atoms with Crippen LogP contribution in [0, 0.1) is 11.8 Å². The molecule has 0 aromatic heterocycles. The van der Waals surface area contributed by atoms with Crippen molar-refractivity contribution in [1.29, 1.82) is 0 Å². The van der Waals surface area contributed by atoms with Gasteiger partial charge in [0.05, 0.1) is 11.4 Å². The molecule has 3 rings (SSSR count). The van der Waals surface area contributed by atoms with Gasteiger partial charge < -0.3 is 10.6 Å². The van der Waals surface area contributed by atoms with Crippen LogP contribution >= 0.6 is 0 Å². The summed E-state index contributed by atoms with van der Waals surface area (Å²) in [5.41, 5.74) is 1.18. The highest BCUT2D eigenvalue weighted by Gasteiger charge is 2.30. The van der Waals surface area contributed by atoms with E-state index in [-0.39, 0.29) is 29.4 Å². The smallest absolute Gasteiger partial charge is 0.247 e. The fourth-order valence-corrected chi connectivity index (χ4v) is 5.60. The molecule has 160 valence electrons. The van der Waals surface area contributed by atoms with Crippen LogP contribution in [0.15, 0.2) is 24.3 Å². The lowest BCUT2D eigenvalue weighted by molar-refractivity contribution is -0.130. The minimum atomic E-state index is -3.23. The normalized spacial score (nSPS) is 20.4. The second-order valence-corrected chi connectivity index (χ2v) is 10.4. The molecular weight excluding hydrogens is 390 g/mol. The van der Waals surface area contributed by atoms with E-state index < -0.39 is 16.1 Å². The Morgan fingerprint density at radius 3 is 2.24 bits per heavy atom. The number of hydrogen-bond donors (Lipinski definition) is 2. The summed E-state index contributed by atoms with van der Waals surface area (Å²) < 4.78 is 25.5. The molecule has 8 heteroatoms. The zero-order valence-electron chi connectivity index (χ0n) is 17.2. The Morgan fingerprint density at radius 1 is 1.03 bits per heavy atom. The molecule has 2 aliphatic rings. The SMILES string of the molecule is CC(C)C(NC(=O)C1CCCCC1)C(=O)Nc1ccc(N2CCCS2(=O)=O)cc1. The number of sulfonamides is 1. The predicted molar refractivity (Wildman–Crippen MR) is 114 cm³/mol. The first kappa shape index (κ1) is 21.6. The highest BCUT2D eigenvalue weighted by molar-refractivity contribution is 7.93. The fraction of sp³-hybridized carbons (Fsp3) is 0.619. The van der Waals surface area contributed by atoms with E-state index in [2.05, 4.69) is 10.6 Å². The predicted octanol–water partition coefficient (Wildman–Crippen LogP) is 2.89. The number of nitrogens with one attached hydrogen (secondary N) is 2. The molecule has 2 fully saturated rings. The molecule has 0 bridgehead atoms. The van der Waals surface area contributed by atoms with Crippen LogP contribution in [0.25, 0.3) is 0 Å². The van der Waals surface area contributed by atoms with Crippen molar-refractivity contribution >= 4 is 33.2 Å². The lowest BCUT2D eigenvalue weighted by Gasteiger charge is -2.26. The van der Waals surface area contributed by atoms with E-state index in [1.807, 2.05) is 13.8 Å². The molecule has 1 unspecified atom stereocenters. The van der Waals surface area contributed by atoms with Crippen molar-refractivity contribution in [1.82, 2.24) is 5.32 Å². The zero-order valence-corrected chi connectivity index (χ0v) is 18.0. The summed E-state index contributed by atoms with van der Waals surface area (Å²) in [7, 11) is -3.23. The van der Waals surface area contributed by atoms with E-state index in [4.69, 9.17) is 0 Å². The third kappa shape index (κ3) is 5.29. The van der Waals surface area contributed by atoms with Gasteiger partial charge in [-0.05, 0) is 49.4 Å². The lowest BCUT2D eigenvalue weighted by atomic mass is 9.88. The van der Waals surface area contributed by atoms with Gasteiger partial charge in [0.1, 0.15) is 6.04 Å². The third-order valence-electron chi connectivity index (χ3n) is 5.74. The molecule has 1 aliphatic carbocycles. The van der Waals surface area contributed by atoms with Crippen LogP contribution < -0.4 is 14.9 Å². The molecule has 1 aromatic rings. The van der Waals surface area contributed by atoms with Crippen LogP contribution in [0.4, 0.5) is 11.4 Å². The second-order valence-electron chi connectivity index (χ2n) is 8.34. The maximum Gasteiger partial charge on any atom is 0.247 e. The van der Waals surface area contributed by atoms with Crippen molar-refractivity contribution in [3.63, 3.8) is 0 Å². The molecule has 7 nitrogen and oxygen atoms in total. The van der Waals surface area contributed by atoms with Gasteiger partial charge in [-0.3, -0.25) is 13.9 Å². The molecular formula is C21H31N3O4S. The summed E-state index contributed by atoms with van der Waals surface area (Å²) in [6, 6.07) is 6.18. The summed E-state index contributed by atoms with van der Waals surface area (Å²) in [5, 5.41) is 5.78. The molecule has 1 aliphatic heterocycles. The number of rotatable bonds is 6. The van der Waals surface area contributed by atoms with Crippen LogP contribution in [0.3, 0.4) is 0 Å².